The van der Waals surface area contributed by atoms with Crippen LogP contribution in [0, 0.1) is 24.6 Å². The van der Waals surface area contributed by atoms with Crippen molar-refractivity contribution in [2.75, 3.05) is 18.0 Å². The third-order valence-electron chi connectivity index (χ3n) is 6.29. The van der Waals surface area contributed by atoms with Gasteiger partial charge in [0.25, 0.3) is 5.56 Å². The van der Waals surface area contributed by atoms with Gasteiger partial charge in [-0.1, -0.05) is 11.6 Å². The molecule has 5 rings (SSSR count). The Bertz CT molecular complexity index is 1190. The maximum atomic E-state index is 14.8. The van der Waals surface area contributed by atoms with Gasteiger partial charge in [-0.2, -0.15) is 0 Å². The summed E-state index contributed by atoms with van der Waals surface area (Å²) >= 11 is 5.94. The van der Waals surface area contributed by atoms with E-state index in [0.29, 0.717) is 33.4 Å². The molecule has 1 aliphatic heterocycles. The number of aryl methyl sites for hydroxylation is 1. The summed E-state index contributed by atoms with van der Waals surface area (Å²) in [5.74, 6) is 2.40. The number of hydrogen-bond donors (Lipinski definition) is 0. The van der Waals surface area contributed by atoms with Crippen molar-refractivity contribution in [1.82, 2.24) is 14.5 Å². The minimum atomic E-state index is -0.497. The van der Waals surface area contributed by atoms with E-state index in [-0.39, 0.29) is 11.1 Å². The van der Waals surface area contributed by atoms with Gasteiger partial charge in [-0.3, -0.25) is 9.36 Å². The van der Waals surface area contributed by atoms with Crippen LogP contribution in [0.5, 0.6) is 0 Å². The van der Waals surface area contributed by atoms with Crippen molar-refractivity contribution in [3.05, 3.63) is 51.3 Å². The van der Waals surface area contributed by atoms with Gasteiger partial charge in [-0.25, -0.2) is 14.4 Å². The van der Waals surface area contributed by atoms with Gasteiger partial charge in [0.1, 0.15) is 17.5 Å². The lowest BCUT2D eigenvalue weighted by Crippen LogP contribution is -2.24. The number of anilines is 1. The third-order valence-corrected chi connectivity index (χ3v) is 6.53. The van der Waals surface area contributed by atoms with Gasteiger partial charge < -0.3 is 4.90 Å². The zero-order valence-electron chi connectivity index (χ0n) is 16.5. The number of fused-ring (bicyclic) bond motifs is 1. The summed E-state index contributed by atoms with van der Waals surface area (Å²) in [5.41, 5.74) is 0.916. The monoisotopic (exact) mass is 412 g/mol. The van der Waals surface area contributed by atoms with Gasteiger partial charge in [0.05, 0.1) is 16.6 Å². The summed E-state index contributed by atoms with van der Waals surface area (Å²) in [6.07, 6.45) is 3.79. The van der Waals surface area contributed by atoms with Crippen molar-refractivity contribution < 1.29 is 4.39 Å². The number of nitrogens with zero attached hydrogens (tertiary/aromatic N) is 4. The van der Waals surface area contributed by atoms with Crippen molar-refractivity contribution in [2.24, 2.45) is 18.9 Å². The first-order valence-electron chi connectivity index (χ1n) is 10.0. The number of halogens is 2. The summed E-state index contributed by atoms with van der Waals surface area (Å²) in [7, 11) is 1.67. The molecule has 5 nitrogen and oxygen atoms in total. The highest BCUT2D eigenvalue weighted by molar-refractivity contribution is 6.30. The first-order chi connectivity index (χ1) is 13.9. The molecule has 0 spiro atoms. The highest BCUT2D eigenvalue weighted by Crippen LogP contribution is 2.42. The maximum absolute atomic E-state index is 14.8. The van der Waals surface area contributed by atoms with E-state index in [4.69, 9.17) is 16.6 Å². The Morgan fingerprint density at radius 3 is 2.66 bits per heavy atom. The molecule has 0 radical (unpaired) electrons. The number of aromatic nitrogens is 3. The lowest BCUT2D eigenvalue weighted by atomic mass is 10.0. The van der Waals surface area contributed by atoms with Gasteiger partial charge in [0.15, 0.2) is 0 Å². The van der Waals surface area contributed by atoms with E-state index in [1.54, 1.807) is 26.1 Å². The van der Waals surface area contributed by atoms with Crippen molar-refractivity contribution in [2.45, 2.75) is 26.2 Å². The largest absolute Gasteiger partial charge is 0.356 e. The van der Waals surface area contributed by atoms with Crippen LogP contribution in [-0.4, -0.2) is 27.6 Å². The number of benzene rings is 1. The Kier molecular flexibility index (Phi) is 4.35. The molecule has 1 saturated carbocycles. The summed E-state index contributed by atoms with van der Waals surface area (Å²) < 4.78 is 16.3. The Morgan fingerprint density at radius 2 is 1.93 bits per heavy atom. The third kappa shape index (κ3) is 3.19. The molecule has 1 aromatic carbocycles. The molecular formula is C22H22ClFN4O. The molecule has 2 aliphatic rings. The topological polar surface area (TPSA) is 51.0 Å². The molecular weight excluding hydrogens is 391 g/mol. The fourth-order valence-corrected chi connectivity index (χ4v) is 4.53. The Labute approximate surface area is 173 Å². The van der Waals surface area contributed by atoms with Crippen molar-refractivity contribution in [1.29, 1.82) is 0 Å². The van der Waals surface area contributed by atoms with Crippen LogP contribution in [0.4, 0.5) is 10.2 Å². The minimum absolute atomic E-state index is 0.229. The molecule has 3 aromatic rings. The van der Waals surface area contributed by atoms with Crippen LogP contribution in [0.3, 0.4) is 0 Å². The van der Waals surface area contributed by atoms with Crippen molar-refractivity contribution >= 4 is 28.3 Å². The highest BCUT2D eigenvalue weighted by Gasteiger charge is 2.36. The number of hydrogen-bond acceptors (Lipinski definition) is 4. The molecule has 2 fully saturated rings. The second-order valence-electron chi connectivity index (χ2n) is 8.20. The van der Waals surface area contributed by atoms with Crippen LogP contribution in [0.2, 0.25) is 5.02 Å². The van der Waals surface area contributed by atoms with Crippen LogP contribution >= 0.6 is 11.6 Å². The Balaban J connectivity index is 1.72. The molecule has 0 bridgehead atoms. The zero-order chi connectivity index (χ0) is 20.3. The number of rotatable bonds is 3. The fourth-order valence-electron chi connectivity index (χ4n) is 4.37. The van der Waals surface area contributed by atoms with E-state index in [1.165, 1.54) is 23.5 Å². The van der Waals surface area contributed by atoms with Crippen LogP contribution in [-0.2, 0) is 7.05 Å². The molecule has 150 valence electrons. The minimum Gasteiger partial charge on any atom is -0.356 e. The van der Waals surface area contributed by atoms with Gasteiger partial charge in [0.2, 0.25) is 0 Å². The average Bonchev–Trinajstić information content (AvgIpc) is 3.42. The average molecular weight is 413 g/mol. The summed E-state index contributed by atoms with van der Waals surface area (Å²) in [6, 6.07) is 6.32. The van der Waals surface area contributed by atoms with E-state index in [9.17, 15) is 9.18 Å². The molecule has 1 atom stereocenters. The lowest BCUT2D eigenvalue weighted by molar-refractivity contribution is 0.514. The van der Waals surface area contributed by atoms with Gasteiger partial charge >= 0.3 is 0 Å². The van der Waals surface area contributed by atoms with Crippen LogP contribution < -0.4 is 10.5 Å². The van der Waals surface area contributed by atoms with Gasteiger partial charge in [0, 0.05) is 36.8 Å². The quantitative estimate of drug-likeness (QED) is 0.642. The van der Waals surface area contributed by atoms with E-state index < -0.39 is 5.82 Å². The maximum Gasteiger partial charge on any atom is 0.263 e. The van der Waals surface area contributed by atoms with Gasteiger partial charge in [-0.05, 0) is 56.2 Å². The molecule has 29 heavy (non-hydrogen) atoms. The van der Waals surface area contributed by atoms with E-state index in [0.717, 1.165) is 31.2 Å². The zero-order valence-corrected chi connectivity index (χ0v) is 17.2. The summed E-state index contributed by atoms with van der Waals surface area (Å²) in [6.45, 7) is 3.67. The predicted molar refractivity (Wildman–Crippen MR) is 113 cm³/mol. The molecule has 0 N–H and O–H groups in total. The smallest absolute Gasteiger partial charge is 0.263 e. The molecule has 3 heterocycles. The molecule has 2 aromatic heterocycles. The van der Waals surface area contributed by atoms with Crippen LogP contribution in [0.1, 0.15) is 25.1 Å². The SMILES string of the molecule is Cc1nc2cc(N3CCC(C4CC4)C3)nc(-c3ccc(Cl)cc3F)c2c(=O)n1C. The first kappa shape index (κ1) is 18.6. The van der Waals surface area contributed by atoms with E-state index in [2.05, 4.69) is 9.88 Å². The summed E-state index contributed by atoms with van der Waals surface area (Å²) in [4.78, 5) is 24.7. The van der Waals surface area contributed by atoms with Crippen molar-refractivity contribution in [3.8, 4) is 11.3 Å². The summed E-state index contributed by atoms with van der Waals surface area (Å²) in [5, 5.41) is 0.640. The van der Waals surface area contributed by atoms with E-state index >= 15 is 0 Å². The standard InChI is InChI=1S/C22H22ClFN4O/c1-12-25-18-10-19(28-8-7-14(11-28)13-3-4-13)26-21(20(18)22(29)27(12)2)16-6-5-15(23)9-17(16)24/h5-6,9-10,13-14H,3-4,7-8,11H2,1-2H3. The second kappa shape index (κ2) is 6.80. The molecule has 1 unspecified atom stereocenters. The molecule has 0 amide bonds. The Hall–Kier alpha value is -2.47. The second-order valence-corrected chi connectivity index (χ2v) is 8.64. The molecule has 1 aliphatic carbocycles. The van der Waals surface area contributed by atoms with Crippen LogP contribution in [0.25, 0.3) is 22.2 Å². The molecule has 1 saturated heterocycles. The number of pyridine rings is 1. The van der Waals surface area contributed by atoms with Crippen molar-refractivity contribution in [3.63, 3.8) is 0 Å². The lowest BCUT2D eigenvalue weighted by Gasteiger charge is -2.20. The fraction of sp³-hybridized carbons (Fsp3) is 0.409. The van der Waals surface area contributed by atoms with E-state index in [1.807, 2.05) is 6.07 Å². The molecule has 7 heteroatoms. The van der Waals surface area contributed by atoms with Crippen LogP contribution in [0.15, 0.2) is 29.1 Å². The van der Waals surface area contributed by atoms with Gasteiger partial charge in [-0.15, -0.1) is 0 Å². The normalized spacial score (nSPS) is 19.3. The highest BCUT2D eigenvalue weighted by atomic mass is 35.5. The first-order valence-corrected chi connectivity index (χ1v) is 10.4. The Morgan fingerprint density at radius 1 is 1.14 bits per heavy atom. The predicted octanol–water partition coefficient (Wildman–Crippen LogP) is 4.33.